The Balaban J connectivity index is 1.93. The molecule has 2 aromatic rings. The molecule has 0 aliphatic carbocycles. The zero-order valence-electron chi connectivity index (χ0n) is 12.6. The minimum atomic E-state index is -0.818. The van der Waals surface area contributed by atoms with Crippen molar-refractivity contribution in [3.05, 3.63) is 58.1 Å². The highest BCUT2D eigenvalue weighted by molar-refractivity contribution is 6.17. The van der Waals surface area contributed by atoms with Crippen LogP contribution in [0.5, 0.6) is 0 Å². The summed E-state index contributed by atoms with van der Waals surface area (Å²) in [5, 5.41) is 0. The molecule has 2 aromatic carbocycles. The number of cyclic esters (lactones) is 4. The van der Waals surface area contributed by atoms with Crippen molar-refractivity contribution in [1.29, 1.82) is 0 Å². The van der Waals surface area contributed by atoms with Gasteiger partial charge in [0, 0.05) is 6.42 Å². The Bertz CT molecular complexity index is 991. The van der Waals surface area contributed by atoms with Crippen LogP contribution in [0, 0.1) is 0 Å². The molecule has 0 fully saturated rings. The maximum absolute atomic E-state index is 13.0. The minimum absolute atomic E-state index is 0.0410. The highest BCUT2D eigenvalue weighted by Gasteiger charge is 2.34. The number of halogens is 1. The molecule has 0 amide bonds. The van der Waals surface area contributed by atoms with Crippen LogP contribution in [0.25, 0.3) is 11.1 Å². The molecule has 0 unspecified atom stereocenters. The molecule has 2 aliphatic rings. The van der Waals surface area contributed by atoms with Gasteiger partial charge in [-0.25, -0.2) is 19.2 Å². The van der Waals surface area contributed by atoms with Gasteiger partial charge in [0.2, 0.25) is 0 Å². The van der Waals surface area contributed by atoms with Gasteiger partial charge < -0.3 is 9.47 Å². The second kappa shape index (κ2) is 5.34. The number of hydrogen-bond donors (Lipinski definition) is 0. The lowest BCUT2D eigenvalue weighted by atomic mass is 9.90. The van der Waals surface area contributed by atoms with Gasteiger partial charge in [-0.05, 0) is 34.9 Å². The Hall–Kier alpha value is -3.35. The number of rotatable bonds is 3. The third-order valence-electron chi connectivity index (χ3n) is 4.22. The van der Waals surface area contributed by atoms with Crippen molar-refractivity contribution < 1.29 is 33.0 Å². The SMILES string of the molecule is O=C1OC(=O)c2cc(-c3ccc4c(c3CCF)C(=O)OC4=O)ccc21. The summed E-state index contributed by atoms with van der Waals surface area (Å²) in [5.41, 5.74) is 1.70. The number of esters is 4. The summed E-state index contributed by atoms with van der Waals surface area (Å²) in [6.45, 7) is -0.740. The highest BCUT2D eigenvalue weighted by Crippen LogP contribution is 2.35. The standard InChI is InChI=1S/C18H9FO6/c19-6-5-10-9(3-4-12-14(10)18(23)25-16(12)21)8-1-2-11-13(7-8)17(22)24-15(11)20/h1-4,7H,5-6H2. The molecular weight excluding hydrogens is 331 g/mol. The number of hydrogen-bond acceptors (Lipinski definition) is 6. The van der Waals surface area contributed by atoms with Crippen LogP contribution in [0.4, 0.5) is 4.39 Å². The molecule has 0 saturated carbocycles. The van der Waals surface area contributed by atoms with Crippen LogP contribution >= 0.6 is 0 Å². The van der Waals surface area contributed by atoms with E-state index in [9.17, 15) is 23.6 Å². The first-order valence-electron chi connectivity index (χ1n) is 7.40. The molecule has 124 valence electrons. The van der Waals surface area contributed by atoms with Gasteiger partial charge in [0.1, 0.15) is 0 Å². The highest BCUT2D eigenvalue weighted by atomic mass is 19.1. The first kappa shape index (κ1) is 15.2. The molecule has 0 radical (unpaired) electrons. The average molecular weight is 340 g/mol. The van der Waals surface area contributed by atoms with Crippen molar-refractivity contribution in [1.82, 2.24) is 0 Å². The smallest absolute Gasteiger partial charge is 0.347 e. The van der Waals surface area contributed by atoms with E-state index in [0.717, 1.165) is 0 Å². The molecule has 0 atom stereocenters. The van der Waals surface area contributed by atoms with Gasteiger partial charge in [0.05, 0.1) is 28.9 Å². The van der Waals surface area contributed by atoms with E-state index >= 15 is 0 Å². The summed E-state index contributed by atoms with van der Waals surface area (Å²) >= 11 is 0. The van der Waals surface area contributed by atoms with Crippen LogP contribution in [0.15, 0.2) is 30.3 Å². The van der Waals surface area contributed by atoms with E-state index in [-0.39, 0.29) is 28.7 Å². The topological polar surface area (TPSA) is 86.7 Å². The molecule has 7 heteroatoms. The number of carbonyl (C=O) groups excluding carboxylic acids is 4. The maximum atomic E-state index is 13.0. The van der Waals surface area contributed by atoms with E-state index < -0.39 is 30.6 Å². The maximum Gasteiger partial charge on any atom is 0.347 e. The Morgan fingerprint density at radius 3 is 2.08 bits per heavy atom. The van der Waals surface area contributed by atoms with E-state index in [0.29, 0.717) is 16.7 Å². The molecule has 0 saturated heterocycles. The van der Waals surface area contributed by atoms with Crippen LogP contribution in [0.2, 0.25) is 0 Å². The van der Waals surface area contributed by atoms with E-state index in [1.807, 2.05) is 0 Å². The summed E-state index contributed by atoms with van der Waals surface area (Å²) < 4.78 is 22.2. The number of carbonyl (C=O) groups is 4. The fourth-order valence-electron chi connectivity index (χ4n) is 3.12. The summed E-state index contributed by atoms with van der Waals surface area (Å²) in [6, 6.07) is 7.45. The molecule has 4 rings (SSSR count). The minimum Gasteiger partial charge on any atom is -0.386 e. The van der Waals surface area contributed by atoms with Crippen LogP contribution in [-0.4, -0.2) is 30.6 Å². The zero-order chi connectivity index (χ0) is 17.7. The summed E-state index contributed by atoms with van der Waals surface area (Å²) in [6.07, 6.45) is -0.0959. The van der Waals surface area contributed by atoms with Crippen LogP contribution in [-0.2, 0) is 15.9 Å². The van der Waals surface area contributed by atoms with Gasteiger partial charge >= 0.3 is 23.9 Å². The number of alkyl halides is 1. The zero-order valence-corrected chi connectivity index (χ0v) is 12.6. The molecule has 0 N–H and O–H groups in total. The largest absolute Gasteiger partial charge is 0.386 e. The molecule has 25 heavy (non-hydrogen) atoms. The third-order valence-corrected chi connectivity index (χ3v) is 4.22. The Kier molecular flexibility index (Phi) is 3.24. The van der Waals surface area contributed by atoms with E-state index in [4.69, 9.17) is 0 Å². The van der Waals surface area contributed by atoms with Crippen molar-refractivity contribution in [3.8, 4) is 11.1 Å². The fourth-order valence-corrected chi connectivity index (χ4v) is 3.12. The van der Waals surface area contributed by atoms with Crippen molar-refractivity contribution in [3.63, 3.8) is 0 Å². The van der Waals surface area contributed by atoms with Gasteiger partial charge in [-0.2, -0.15) is 0 Å². The second-order valence-electron chi connectivity index (χ2n) is 5.57. The van der Waals surface area contributed by atoms with Gasteiger partial charge in [0.25, 0.3) is 0 Å². The summed E-state index contributed by atoms with van der Waals surface area (Å²) in [5.74, 6) is -3.07. The third kappa shape index (κ3) is 2.16. The first-order valence-corrected chi connectivity index (χ1v) is 7.40. The Labute approximate surface area is 140 Å². The van der Waals surface area contributed by atoms with Crippen LogP contribution in [0.1, 0.15) is 47.0 Å². The van der Waals surface area contributed by atoms with Gasteiger partial charge in [-0.15, -0.1) is 0 Å². The monoisotopic (exact) mass is 340 g/mol. The lowest BCUT2D eigenvalue weighted by Gasteiger charge is -2.12. The summed E-state index contributed by atoms with van der Waals surface area (Å²) in [4.78, 5) is 46.9. The van der Waals surface area contributed by atoms with E-state index in [2.05, 4.69) is 9.47 Å². The molecule has 0 bridgehead atoms. The fraction of sp³-hybridized carbons (Fsp3) is 0.111. The lowest BCUT2D eigenvalue weighted by molar-refractivity contribution is 0.0425. The van der Waals surface area contributed by atoms with Crippen molar-refractivity contribution >= 4 is 23.9 Å². The number of fused-ring (bicyclic) bond motifs is 2. The molecule has 2 aliphatic heterocycles. The van der Waals surface area contributed by atoms with E-state index in [1.54, 1.807) is 12.1 Å². The Morgan fingerprint density at radius 1 is 0.720 bits per heavy atom. The predicted molar refractivity (Wildman–Crippen MR) is 81.0 cm³/mol. The molecule has 0 aromatic heterocycles. The molecule has 2 heterocycles. The normalized spacial score (nSPS) is 15.1. The van der Waals surface area contributed by atoms with Crippen LogP contribution in [0.3, 0.4) is 0 Å². The van der Waals surface area contributed by atoms with Gasteiger partial charge in [0.15, 0.2) is 0 Å². The first-order chi connectivity index (χ1) is 12.0. The number of benzene rings is 2. The van der Waals surface area contributed by atoms with Crippen molar-refractivity contribution in [2.75, 3.05) is 6.67 Å². The Morgan fingerprint density at radius 2 is 1.32 bits per heavy atom. The van der Waals surface area contributed by atoms with E-state index in [1.165, 1.54) is 18.2 Å². The summed E-state index contributed by atoms with van der Waals surface area (Å²) in [7, 11) is 0. The van der Waals surface area contributed by atoms with Crippen molar-refractivity contribution in [2.24, 2.45) is 0 Å². The predicted octanol–water partition coefficient (Wildman–Crippen LogP) is 2.49. The average Bonchev–Trinajstić information content (AvgIpc) is 3.04. The lowest BCUT2D eigenvalue weighted by Crippen LogP contribution is -2.04. The molecule has 0 spiro atoms. The second-order valence-corrected chi connectivity index (χ2v) is 5.57. The quantitative estimate of drug-likeness (QED) is 0.630. The number of ether oxygens (including phenoxy) is 2. The molecular formula is C18H9FO6. The van der Waals surface area contributed by atoms with Crippen molar-refractivity contribution in [2.45, 2.75) is 6.42 Å². The van der Waals surface area contributed by atoms with Gasteiger partial charge in [-0.3, -0.25) is 4.39 Å². The van der Waals surface area contributed by atoms with Crippen LogP contribution < -0.4 is 0 Å². The van der Waals surface area contributed by atoms with Gasteiger partial charge in [-0.1, -0.05) is 12.1 Å². The molecule has 6 nitrogen and oxygen atoms in total.